The second kappa shape index (κ2) is 6.37. The van der Waals surface area contributed by atoms with E-state index in [4.69, 9.17) is 0 Å². The minimum Gasteiger partial charge on any atom is -0.334 e. The topological polar surface area (TPSA) is 55.2 Å². The van der Waals surface area contributed by atoms with Gasteiger partial charge in [0.2, 0.25) is 5.91 Å². The number of benzene rings is 2. The average Bonchev–Trinajstić information content (AvgIpc) is 2.60. The van der Waals surface area contributed by atoms with Gasteiger partial charge in [-0.2, -0.15) is 0 Å². The molecule has 1 aromatic heterocycles. The molecule has 1 aliphatic rings. The van der Waals surface area contributed by atoms with Gasteiger partial charge in [-0.05, 0) is 43.2 Å². The number of hydrogen-bond acceptors (Lipinski definition) is 3. The molecule has 0 radical (unpaired) electrons. The molecule has 2 aromatic carbocycles. The first-order chi connectivity index (χ1) is 12.5. The highest BCUT2D eigenvalue weighted by molar-refractivity contribution is 5.81. The molecule has 0 N–H and O–H groups in total. The summed E-state index contributed by atoms with van der Waals surface area (Å²) in [6.07, 6.45) is 0.836. The summed E-state index contributed by atoms with van der Waals surface area (Å²) in [6.45, 7) is 2.26. The molecule has 5 nitrogen and oxygen atoms in total. The lowest BCUT2D eigenvalue weighted by Crippen LogP contribution is -2.47. The zero-order valence-corrected chi connectivity index (χ0v) is 14.4. The van der Waals surface area contributed by atoms with Crippen molar-refractivity contribution in [1.82, 2.24) is 14.5 Å². The molecule has 2 heterocycles. The Labute approximate surface area is 149 Å². The number of rotatable bonds is 3. The smallest absolute Gasteiger partial charge is 0.272 e. The van der Waals surface area contributed by atoms with E-state index in [-0.39, 0.29) is 29.9 Å². The minimum absolute atomic E-state index is 0.0274. The van der Waals surface area contributed by atoms with Crippen LogP contribution in [0.2, 0.25) is 0 Å². The van der Waals surface area contributed by atoms with Crippen molar-refractivity contribution in [3.05, 3.63) is 76.0 Å². The van der Waals surface area contributed by atoms with Gasteiger partial charge in [0, 0.05) is 6.54 Å². The third kappa shape index (κ3) is 2.77. The molecular weight excluding hydrogens is 333 g/mol. The molecule has 0 unspecified atom stereocenters. The molecular formula is C20H18FN3O2. The number of carbonyl (C=O) groups is 1. The lowest BCUT2D eigenvalue weighted by atomic mass is 9.94. The van der Waals surface area contributed by atoms with Gasteiger partial charge in [0.15, 0.2) is 0 Å². The van der Waals surface area contributed by atoms with Gasteiger partial charge in [-0.1, -0.05) is 24.3 Å². The minimum atomic E-state index is -0.295. The molecule has 1 saturated heterocycles. The van der Waals surface area contributed by atoms with Crippen LogP contribution in [0.5, 0.6) is 0 Å². The Morgan fingerprint density at radius 1 is 1.19 bits per heavy atom. The Morgan fingerprint density at radius 3 is 2.62 bits per heavy atom. The predicted molar refractivity (Wildman–Crippen MR) is 96.2 cm³/mol. The molecule has 1 aliphatic heterocycles. The largest absolute Gasteiger partial charge is 0.334 e. The summed E-state index contributed by atoms with van der Waals surface area (Å²) in [6, 6.07) is 13.5. The molecule has 26 heavy (non-hydrogen) atoms. The SMILES string of the molecule is Cc1nc2ccccc2n(CC(=O)N2CC[C@H]2c2ccc(F)cc2)c1=O. The number of carbonyl (C=O) groups excluding carboxylic acids is 1. The zero-order chi connectivity index (χ0) is 18.3. The predicted octanol–water partition coefficient (Wildman–Crippen LogP) is 2.82. The van der Waals surface area contributed by atoms with Crippen molar-refractivity contribution in [2.24, 2.45) is 0 Å². The fourth-order valence-corrected chi connectivity index (χ4v) is 3.42. The summed E-state index contributed by atoms with van der Waals surface area (Å²) in [5, 5.41) is 0. The van der Waals surface area contributed by atoms with Crippen molar-refractivity contribution in [3.63, 3.8) is 0 Å². The second-order valence-corrected chi connectivity index (χ2v) is 6.52. The number of aromatic nitrogens is 2. The molecule has 1 atom stereocenters. The second-order valence-electron chi connectivity index (χ2n) is 6.52. The van der Waals surface area contributed by atoms with Crippen LogP contribution >= 0.6 is 0 Å². The van der Waals surface area contributed by atoms with Crippen LogP contribution in [0.25, 0.3) is 11.0 Å². The van der Waals surface area contributed by atoms with Gasteiger partial charge in [-0.3, -0.25) is 14.2 Å². The zero-order valence-electron chi connectivity index (χ0n) is 14.4. The Balaban J connectivity index is 1.63. The van der Waals surface area contributed by atoms with Crippen molar-refractivity contribution in [2.45, 2.75) is 25.9 Å². The summed E-state index contributed by atoms with van der Waals surface area (Å²) in [5.74, 6) is -0.417. The number of likely N-dealkylation sites (tertiary alicyclic amines) is 1. The first-order valence-electron chi connectivity index (χ1n) is 8.56. The molecule has 1 fully saturated rings. The lowest BCUT2D eigenvalue weighted by molar-refractivity contribution is -0.139. The third-order valence-corrected chi connectivity index (χ3v) is 4.90. The highest BCUT2D eigenvalue weighted by Crippen LogP contribution is 2.33. The van der Waals surface area contributed by atoms with Gasteiger partial charge < -0.3 is 4.90 Å². The van der Waals surface area contributed by atoms with Crippen LogP contribution in [0.4, 0.5) is 4.39 Å². The van der Waals surface area contributed by atoms with E-state index in [0.717, 1.165) is 12.0 Å². The highest BCUT2D eigenvalue weighted by Gasteiger charge is 2.33. The van der Waals surface area contributed by atoms with Crippen LogP contribution in [-0.4, -0.2) is 26.9 Å². The number of nitrogens with zero attached hydrogens (tertiary/aromatic N) is 3. The van der Waals surface area contributed by atoms with E-state index in [1.54, 1.807) is 30.0 Å². The fourth-order valence-electron chi connectivity index (χ4n) is 3.42. The third-order valence-electron chi connectivity index (χ3n) is 4.90. The van der Waals surface area contributed by atoms with Crippen LogP contribution in [0, 0.1) is 12.7 Å². The number of hydrogen-bond donors (Lipinski definition) is 0. The molecule has 0 spiro atoms. The molecule has 0 aliphatic carbocycles. The van der Waals surface area contributed by atoms with Gasteiger partial charge in [-0.15, -0.1) is 0 Å². The first-order valence-corrected chi connectivity index (χ1v) is 8.56. The maximum Gasteiger partial charge on any atom is 0.272 e. The number of fused-ring (bicyclic) bond motifs is 1. The number of amides is 1. The molecule has 132 valence electrons. The average molecular weight is 351 g/mol. The summed E-state index contributed by atoms with van der Waals surface area (Å²) in [5.41, 5.74) is 2.37. The highest BCUT2D eigenvalue weighted by atomic mass is 19.1. The molecule has 6 heteroatoms. The number of halogens is 1. The van der Waals surface area contributed by atoms with E-state index in [9.17, 15) is 14.0 Å². The summed E-state index contributed by atoms with van der Waals surface area (Å²) in [4.78, 5) is 31.4. The van der Waals surface area contributed by atoms with Gasteiger partial charge in [0.05, 0.1) is 17.1 Å². The molecule has 1 amide bonds. The first kappa shape index (κ1) is 16.4. The van der Waals surface area contributed by atoms with Crippen LogP contribution in [0.1, 0.15) is 23.7 Å². The molecule has 4 rings (SSSR count). The summed E-state index contributed by atoms with van der Waals surface area (Å²) >= 11 is 0. The Kier molecular flexibility index (Phi) is 4.03. The Bertz CT molecular complexity index is 1040. The van der Waals surface area contributed by atoms with Gasteiger partial charge in [0.1, 0.15) is 18.1 Å². The fraction of sp³-hybridized carbons (Fsp3) is 0.250. The van der Waals surface area contributed by atoms with E-state index < -0.39 is 0 Å². The van der Waals surface area contributed by atoms with Crippen LogP contribution in [-0.2, 0) is 11.3 Å². The number of para-hydroxylation sites is 2. The van der Waals surface area contributed by atoms with E-state index >= 15 is 0 Å². The van der Waals surface area contributed by atoms with Crippen molar-refractivity contribution in [3.8, 4) is 0 Å². The number of aryl methyl sites for hydroxylation is 1. The quantitative estimate of drug-likeness (QED) is 0.729. The maximum absolute atomic E-state index is 13.1. The lowest BCUT2D eigenvalue weighted by Gasteiger charge is -2.41. The monoisotopic (exact) mass is 351 g/mol. The Morgan fingerprint density at radius 2 is 1.92 bits per heavy atom. The van der Waals surface area contributed by atoms with E-state index in [0.29, 0.717) is 23.3 Å². The summed E-state index contributed by atoms with van der Waals surface area (Å²) in [7, 11) is 0. The normalized spacial score (nSPS) is 16.5. The van der Waals surface area contributed by atoms with Crippen molar-refractivity contribution >= 4 is 16.9 Å². The van der Waals surface area contributed by atoms with Crippen LogP contribution in [0.3, 0.4) is 0 Å². The van der Waals surface area contributed by atoms with Crippen molar-refractivity contribution in [2.75, 3.05) is 6.54 Å². The molecule has 0 bridgehead atoms. The Hall–Kier alpha value is -3.02. The summed E-state index contributed by atoms with van der Waals surface area (Å²) < 4.78 is 14.6. The van der Waals surface area contributed by atoms with E-state index in [2.05, 4.69) is 4.98 Å². The van der Waals surface area contributed by atoms with Gasteiger partial charge in [-0.25, -0.2) is 9.37 Å². The standard InChI is InChI=1S/C20H18FN3O2/c1-13-20(26)24(18-5-3-2-4-16(18)22-13)12-19(25)23-11-10-17(23)14-6-8-15(21)9-7-14/h2-9,17H,10-12H2,1H3/t17-/m0/s1. The molecule has 3 aromatic rings. The van der Waals surface area contributed by atoms with Gasteiger partial charge in [0.25, 0.3) is 5.56 Å². The van der Waals surface area contributed by atoms with Crippen molar-refractivity contribution < 1.29 is 9.18 Å². The van der Waals surface area contributed by atoms with Crippen molar-refractivity contribution in [1.29, 1.82) is 0 Å². The van der Waals surface area contributed by atoms with Gasteiger partial charge >= 0.3 is 0 Å². The van der Waals surface area contributed by atoms with Crippen LogP contribution in [0.15, 0.2) is 53.3 Å². The van der Waals surface area contributed by atoms with Crippen LogP contribution < -0.4 is 5.56 Å². The maximum atomic E-state index is 13.1. The molecule has 0 saturated carbocycles. The van der Waals surface area contributed by atoms with E-state index in [1.807, 2.05) is 18.2 Å². The van der Waals surface area contributed by atoms with E-state index in [1.165, 1.54) is 16.7 Å².